The van der Waals surface area contributed by atoms with Crippen LogP contribution in [0.4, 0.5) is 4.39 Å². The monoisotopic (exact) mass is 367 g/mol. The van der Waals surface area contributed by atoms with Crippen LogP contribution in [0.2, 0.25) is 5.02 Å². The van der Waals surface area contributed by atoms with Gasteiger partial charge in [-0.15, -0.1) is 0 Å². The van der Waals surface area contributed by atoms with Gasteiger partial charge in [-0.05, 0) is 30.2 Å². The number of rotatable bonds is 3. The second kappa shape index (κ2) is 6.90. The Morgan fingerprint density at radius 1 is 1.15 bits per heavy atom. The minimum atomic E-state index is -0.367. The van der Waals surface area contributed by atoms with E-state index in [2.05, 4.69) is 22.1 Å². The van der Waals surface area contributed by atoms with Gasteiger partial charge in [-0.1, -0.05) is 28.7 Å². The van der Waals surface area contributed by atoms with Gasteiger partial charge >= 0.3 is 0 Å². The van der Waals surface area contributed by atoms with Crippen molar-refractivity contribution in [3.05, 3.63) is 82.7 Å². The van der Waals surface area contributed by atoms with E-state index < -0.39 is 0 Å². The van der Waals surface area contributed by atoms with E-state index in [1.807, 2.05) is 0 Å². The Morgan fingerprint density at radius 2 is 2.08 bits per heavy atom. The zero-order valence-electron chi connectivity index (χ0n) is 13.3. The topological polar surface area (TPSA) is 57.0 Å². The molecule has 26 heavy (non-hydrogen) atoms. The Balaban J connectivity index is 1.50. The Labute approximate surface area is 153 Å². The number of halogens is 2. The largest absolute Gasteiger partial charge is 0.461 e. The highest BCUT2D eigenvalue weighted by Crippen LogP contribution is 2.21. The molecule has 0 unspecified atom stereocenters. The van der Waals surface area contributed by atoms with Gasteiger partial charge in [0.2, 0.25) is 5.76 Å². The summed E-state index contributed by atoms with van der Waals surface area (Å²) in [6.45, 7) is 0.222. The maximum absolute atomic E-state index is 13.9. The van der Waals surface area contributed by atoms with Gasteiger partial charge in [0.1, 0.15) is 5.82 Å². The fourth-order valence-electron chi connectivity index (χ4n) is 2.37. The molecule has 3 heterocycles. The molecule has 3 aromatic heterocycles. The maximum Gasteiger partial charge on any atom is 0.203 e. The molecule has 7 heteroatoms. The Bertz CT molecular complexity index is 1080. The highest BCUT2D eigenvalue weighted by molar-refractivity contribution is 6.31. The number of benzene rings is 1. The van der Waals surface area contributed by atoms with Crippen LogP contribution >= 0.6 is 11.6 Å². The van der Waals surface area contributed by atoms with E-state index in [9.17, 15) is 4.39 Å². The van der Waals surface area contributed by atoms with Crippen molar-refractivity contribution in [2.75, 3.05) is 0 Å². The number of nitrogens with zero attached hydrogens (tertiary/aromatic N) is 3. The molecule has 0 aliphatic heterocycles. The molecule has 4 rings (SSSR count). The Kier molecular flexibility index (Phi) is 4.30. The molecule has 0 N–H and O–H groups in total. The van der Waals surface area contributed by atoms with Crippen LogP contribution in [0.15, 0.2) is 64.0 Å². The Hall–Kier alpha value is -3.30. The van der Waals surface area contributed by atoms with E-state index in [1.54, 1.807) is 53.7 Å². The van der Waals surface area contributed by atoms with Crippen molar-refractivity contribution in [2.45, 2.75) is 6.54 Å². The lowest BCUT2D eigenvalue weighted by Crippen LogP contribution is -2.03. The van der Waals surface area contributed by atoms with Crippen molar-refractivity contribution < 1.29 is 13.3 Å². The molecule has 0 aliphatic carbocycles. The molecule has 0 fully saturated rings. The van der Waals surface area contributed by atoms with Crippen LogP contribution in [0.25, 0.3) is 11.5 Å². The molecule has 0 saturated carbocycles. The SMILES string of the molecule is Fc1cccc(Cl)c1Cn1cc(C#Cc2cc(-c3ccco3)on2)cn1. The van der Waals surface area contributed by atoms with Gasteiger partial charge in [0.25, 0.3) is 0 Å². The summed E-state index contributed by atoms with van der Waals surface area (Å²) in [6.07, 6.45) is 4.86. The van der Waals surface area contributed by atoms with Crippen LogP contribution in [-0.2, 0) is 6.54 Å². The quantitative estimate of drug-likeness (QED) is 0.504. The van der Waals surface area contributed by atoms with Crippen LogP contribution in [0.3, 0.4) is 0 Å². The van der Waals surface area contributed by atoms with E-state index in [0.717, 1.165) is 0 Å². The van der Waals surface area contributed by atoms with Crippen molar-refractivity contribution in [2.24, 2.45) is 0 Å². The number of hydrogen-bond acceptors (Lipinski definition) is 4. The number of furan rings is 1. The summed E-state index contributed by atoms with van der Waals surface area (Å²) in [6, 6.07) is 9.80. The Morgan fingerprint density at radius 3 is 2.88 bits per heavy atom. The standard InChI is InChI=1S/C19H11ClFN3O2/c20-16-3-1-4-17(21)15(16)12-24-11-13(10-22-24)6-7-14-9-19(26-23-14)18-5-2-8-25-18/h1-5,8-11H,12H2. The normalized spacial score (nSPS) is 10.5. The summed E-state index contributed by atoms with van der Waals surface area (Å²) in [5.41, 5.74) is 1.53. The summed E-state index contributed by atoms with van der Waals surface area (Å²) < 4.78 is 25.8. The first-order chi connectivity index (χ1) is 12.7. The van der Waals surface area contributed by atoms with Gasteiger partial charge in [0, 0.05) is 22.8 Å². The van der Waals surface area contributed by atoms with E-state index in [4.69, 9.17) is 20.5 Å². The zero-order chi connectivity index (χ0) is 17.9. The summed E-state index contributed by atoms with van der Waals surface area (Å²) in [5, 5.41) is 8.43. The van der Waals surface area contributed by atoms with Gasteiger partial charge in [0.05, 0.1) is 24.6 Å². The molecular weight excluding hydrogens is 357 g/mol. The first-order valence-corrected chi connectivity index (χ1v) is 8.05. The summed E-state index contributed by atoms with van der Waals surface area (Å²) in [7, 11) is 0. The highest BCUT2D eigenvalue weighted by atomic mass is 35.5. The van der Waals surface area contributed by atoms with Crippen molar-refractivity contribution in [3.8, 4) is 23.4 Å². The lowest BCUT2D eigenvalue weighted by Gasteiger charge is -2.05. The fourth-order valence-corrected chi connectivity index (χ4v) is 2.59. The van der Waals surface area contributed by atoms with E-state index in [0.29, 0.717) is 33.4 Å². The van der Waals surface area contributed by atoms with E-state index in [1.165, 1.54) is 6.07 Å². The van der Waals surface area contributed by atoms with Crippen LogP contribution < -0.4 is 0 Å². The van der Waals surface area contributed by atoms with Crippen molar-refractivity contribution in [1.82, 2.24) is 14.9 Å². The van der Waals surface area contributed by atoms with E-state index in [-0.39, 0.29) is 12.4 Å². The van der Waals surface area contributed by atoms with E-state index >= 15 is 0 Å². The third-order valence-corrected chi connectivity index (χ3v) is 3.98. The molecule has 0 amide bonds. The smallest absolute Gasteiger partial charge is 0.203 e. The average Bonchev–Trinajstić information content (AvgIpc) is 3.38. The van der Waals surface area contributed by atoms with Crippen molar-refractivity contribution >= 4 is 11.6 Å². The second-order valence-electron chi connectivity index (χ2n) is 5.43. The van der Waals surface area contributed by atoms with Gasteiger partial charge < -0.3 is 8.94 Å². The third kappa shape index (κ3) is 3.39. The van der Waals surface area contributed by atoms with Crippen molar-refractivity contribution in [3.63, 3.8) is 0 Å². The average molecular weight is 368 g/mol. The molecule has 0 saturated heterocycles. The second-order valence-corrected chi connectivity index (χ2v) is 5.84. The van der Waals surface area contributed by atoms with Gasteiger partial charge in [-0.2, -0.15) is 5.10 Å². The van der Waals surface area contributed by atoms with Crippen LogP contribution in [-0.4, -0.2) is 14.9 Å². The number of hydrogen-bond donors (Lipinski definition) is 0. The first kappa shape index (κ1) is 16.2. The molecule has 5 nitrogen and oxygen atoms in total. The van der Waals surface area contributed by atoms with Crippen LogP contribution in [0.5, 0.6) is 0 Å². The third-order valence-electron chi connectivity index (χ3n) is 3.62. The summed E-state index contributed by atoms with van der Waals surface area (Å²) in [4.78, 5) is 0. The maximum atomic E-state index is 13.9. The fraction of sp³-hybridized carbons (Fsp3) is 0.0526. The summed E-state index contributed by atoms with van der Waals surface area (Å²) in [5.74, 6) is 6.56. The molecule has 0 radical (unpaired) electrons. The minimum absolute atomic E-state index is 0.222. The lowest BCUT2D eigenvalue weighted by molar-refractivity contribution is 0.416. The lowest BCUT2D eigenvalue weighted by atomic mass is 10.2. The minimum Gasteiger partial charge on any atom is -0.461 e. The molecule has 4 aromatic rings. The molecule has 128 valence electrons. The van der Waals surface area contributed by atoms with Crippen LogP contribution in [0, 0.1) is 17.7 Å². The molecule has 0 atom stereocenters. The zero-order valence-corrected chi connectivity index (χ0v) is 14.1. The molecular formula is C19H11ClFN3O2. The van der Waals surface area contributed by atoms with Gasteiger partial charge in [-0.25, -0.2) is 4.39 Å². The first-order valence-electron chi connectivity index (χ1n) is 7.67. The molecule has 0 aliphatic rings. The van der Waals surface area contributed by atoms with Crippen molar-refractivity contribution in [1.29, 1.82) is 0 Å². The molecule has 1 aromatic carbocycles. The molecule has 0 spiro atoms. The molecule has 0 bridgehead atoms. The van der Waals surface area contributed by atoms with Crippen LogP contribution in [0.1, 0.15) is 16.8 Å². The highest BCUT2D eigenvalue weighted by Gasteiger charge is 2.09. The van der Waals surface area contributed by atoms with Gasteiger partial charge in [0.15, 0.2) is 11.5 Å². The summed E-state index contributed by atoms with van der Waals surface area (Å²) >= 11 is 6.04. The van der Waals surface area contributed by atoms with Gasteiger partial charge in [-0.3, -0.25) is 4.68 Å². The number of aromatic nitrogens is 3. The predicted octanol–water partition coefficient (Wildman–Crippen LogP) is 4.37. The predicted molar refractivity (Wildman–Crippen MR) is 92.9 cm³/mol.